The van der Waals surface area contributed by atoms with E-state index in [-0.39, 0.29) is 30.0 Å². The van der Waals surface area contributed by atoms with Crippen LogP contribution in [-0.4, -0.2) is 49.0 Å². The molecule has 2 heterocycles. The number of hydrogen-bond donors (Lipinski definition) is 0. The SMILES string of the molecule is CCOC(=O)C1=C(C)N=C(N2CCCCC2)C(C(=O)OCC)C1c1ccccc1C(F)(F)F. The molecule has 180 valence electrons. The predicted molar refractivity (Wildman–Crippen MR) is 117 cm³/mol. The van der Waals surface area contributed by atoms with Crippen LogP contribution >= 0.6 is 0 Å². The molecule has 0 aliphatic carbocycles. The molecule has 9 heteroatoms. The summed E-state index contributed by atoms with van der Waals surface area (Å²) in [7, 11) is 0. The van der Waals surface area contributed by atoms with Crippen LogP contribution in [0.2, 0.25) is 0 Å². The van der Waals surface area contributed by atoms with E-state index in [1.165, 1.54) is 18.2 Å². The standard InChI is InChI=1S/C24H29F3N2O4/c1-4-32-22(30)18-15(3)28-21(29-13-9-6-10-14-29)20(23(31)33-5-2)19(18)16-11-7-8-12-17(16)24(25,26)27/h7-8,11-12,19-20H,4-6,9-10,13-14H2,1-3H3. The van der Waals surface area contributed by atoms with Gasteiger partial charge in [0.1, 0.15) is 11.8 Å². The summed E-state index contributed by atoms with van der Waals surface area (Å²) in [5.74, 6) is -3.59. The smallest absolute Gasteiger partial charge is 0.416 e. The number of carbonyl (C=O) groups excluding carboxylic acids is 2. The molecule has 2 aliphatic heterocycles. The summed E-state index contributed by atoms with van der Waals surface area (Å²) in [6, 6.07) is 5.03. The molecule has 2 aliphatic rings. The Hall–Kier alpha value is -2.84. The zero-order valence-electron chi connectivity index (χ0n) is 19.1. The minimum absolute atomic E-state index is 0.0377. The monoisotopic (exact) mass is 466 g/mol. The van der Waals surface area contributed by atoms with Gasteiger partial charge in [0, 0.05) is 19.0 Å². The Labute approximate surface area is 191 Å². The molecule has 1 aromatic carbocycles. The van der Waals surface area contributed by atoms with E-state index >= 15 is 0 Å². The molecule has 33 heavy (non-hydrogen) atoms. The van der Waals surface area contributed by atoms with Crippen molar-refractivity contribution in [2.45, 2.75) is 52.1 Å². The van der Waals surface area contributed by atoms with Crippen molar-refractivity contribution in [3.63, 3.8) is 0 Å². The van der Waals surface area contributed by atoms with Crippen LogP contribution in [0, 0.1) is 5.92 Å². The number of hydrogen-bond acceptors (Lipinski definition) is 6. The Morgan fingerprint density at radius 2 is 1.70 bits per heavy atom. The molecule has 0 radical (unpaired) electrons. The van der Waals surface area contributed by atoms with Crippen LogP contribution in [0.25, 0.3) is 0 Å². The number of ether oxygens (including phenoxy) is 2. The highest BCUT2D eigenvalue weighted by molar-refractivity contribution is 6.07. The average Bonchev–Trinajstić information content (AvgIpc) is 2.78. The first-order valence-corrected chi connectivity index (χ1v) is 11.2. The number of rotatable bonds is 5. The van der Waals surface area contributed by atoms with E-state index in [9.17, 15) is 22.8 Å². The first kappa shape index (κ1) is 24.8. The van der Waals surface area contributed by atoms with Gasteiger partial charge in [-0.25, -0.2) is 9.79 Å². The summed E-state index contributed by atoms with van der Waals surface area (Å²) >= 11 is 0. The maximum atomic E-state index is 14.0. The lowest BCUT2D eigenvalue weighted by atomic mass is 9.75. The molecule has 2 unspecified atom stereocenters. The Balaban J connectivity index is 2.27. The highest BCUT2D eigenvalue weighted by atomic mass is 19.4. The maximum absolute atomic E-state index is 14.0. The highest BCUT2D eigenvalue weighted by Gasteiger charge is 2.48. The lowest BCUT2D eigenvalue weighted by molar-refractivity contribution is -0.147. The quantitative estimate of drug-likeness (QED) is 0.589. The fourth-order valence-electron chi connectivity index (χ4n) is 4.55. The third-order valence-electron chi connectivity index (χ3n) is 5.91. The van der Waals surface area contributed by atoms with Gasteiger partial charge in [-0.05, 0) is 51.7 Å². The second-order valence-corrected chi connectivity index (χ2v) is 8.03. The van der Waals surface area contributed by atoms with E-state index in [0.717, 1.165) is 25.3 Å². The minimum atomic E-state index is -4.68. The number of likely N-dealkylation sites (tertiary alicyclic amines) is 1. The number of amidine groups is 1. The van der Waals surface area contributed by atoms with Crippen molar-refractivity contribution in [3.8, 4) is 0 Å². The van der Waals surface area contributed by atoms with E-state index < -0.39 is 35.5 Å². The van der Waals surface area contributed by atoms with Gasteiger partial charge in [0.25, 0.3) is 0 Å². The Bertz CT molecular complexity index is 949. The van der Waals surface area contributed by atoms with Gasteiger partial charge in [-0.3, -0.25) is 4.79 Å². The van der Waals surface area contributed by atoms with E-state index in [2.05, 4.69) is 4.99 Å². The van der Waals surface area contributed by atoms with Gasteiger partial charge in [0.2, 0.25) is 0 Å². The molecule has 6 nitrogen and oxygen atoms in total. The molecule has 0 saturated carbocycles. The number of carbonyl (C=O) groups is 2. The van der Waals surface area contributed by atoms with Crippen LogP contribution in [0.5, 0.6) is 0 Å². The minimum Gasteiger partial charge on any atom is -0.465 e. The number of aliphatic imine (C=N–C) groups is 1. The number of halogens is 3. The Morgan fingerprint density at radius 1 is 1.06 bits per heavy atom. The Kier molecular flexibility index (Phi) is 7.81. The number of benzene rings is 1. The summed E-state index contributed by atoms with van der Waals surface area (Å²) in [5, 5.41) is 0. The topological polar surface area (TPSA) is 68.2 Å². The van der Waals surface area contributed by atoms with E-state index in [4.69, 9.17) is 9.47 Å². The second-order valence-electron chi connectivity index (χ2n) is 8.03. The predicted octanol–water partition coefficient (Wildman–Crippen LogP) is 4.70. The normalized spacial score (nSPS) is 21.5. The van der Waals surface area contributed by atoms with Crippen molar-refractivity contribution in [2.75, 3.05) is 26.3 Å². The number of alkyl halides is 3. The van der Waals surface area contributed by atoms with Crippen molar-refractivity contribution in [2.24, 2.45) is 10.9 Å². The molecule has 0 bridgehead atoms. The number of nitrogens with zero attached hydrogens (tertiary/aromatic N) is 2. The molecule has 3 rings (SSSR count). The van der Waals surface area contributed by atoms with Crippen LogP contribution < -0.4 is 0 Å². The lowest BCUT2D eigenvalue weighted by Gasteiger charge is -2.39. The summed E-state index contributed by atoms with van der Waals surface area (Å²) in [6.45, 7) is 6.16. The number of allylic oxidation sites excluding steroid dienone is 1. The summed E-state index contributed by atoms with van der Waals surface area (Å²) < 4.78 is 52.5. The van der Waals surface area contributed by atoms with Gasteiger partial charge in [-0.2, -0.15) is 13.2 Å². The zero-order chi connectivity index (χ0) is 24.2. The van der Waals surface area contributed by atoms with E-state index in [1.54, 1.807) is 20.8 Å². The van der Waals surface area contributed by atoms with E-state index in [0.29, 0.717) is 18.9 Å². The fourth-order valence-corrected chi connectivity index (χ4v) is 4.55. The molecule has 1 fully saturated rings. The molecule has 1 aromatic rings. The number of esters is 2. The first-order chi connectivity index (χ1) is 15.7. The fraction of sp³-hybridized carbons (Fsp3) is 0.542. The van der Waals surface area contributed by atoms with Gasteiger partial charge in [-0.1, -0.05) is 18.2 Å². The third kappa shape index (κ3) is 5.23. The Morgan fingerprint density at radius 3 is 2.30 bits per heavy atom. The van der Waals surface area contributed by atoms with Crippen LogP contribution in [0.1, 0.15) is 57.1 Å². The molecule has 2 atom stereocenters. The molecule has 1 saturated heterocycles. The largest absolute Gasteiger partial charge is 0.465 e. The third-order valence-corrected chi connectivity index (χ3v) is 5.91. The van der Waals surface area contributed by atoms with Gasteiger partial charge >= 0.3 is 18.1 Å². The number of piperidine rings is 1. The second kappa shape index (κ2) is 10.4. The van der Waals surface area contributed by atoms with Gasteiger partial charge in [0.15, 0.2) is 0 Å². The van der Waals surface area contributed by atoms with Crippen LogP contribution in [0.15, 0.2) is 40.5 Å². The molecular formula is C24H29F3N2O4. The van der Waals surface area contributed by atoms with Crippen molar-refractivity contribution in [1.82, 2.24) is 4.90 Å². The first-order valence-electron chi connectivity index (χ1n) is 11.2. The molecule has 0 spiro atoms. The van der Waals surface area contributed by atoms with Crippen molar-refractivity contribution >= 4 is 17.8 Å². The summed E-state index contributed by atoms with van der Waals surface area (Å²) in [4.78, 5) is 32.7. The molecule has 0 N–H and O–H groups in total. The van der Waals surface area contributed by atoms with Crippen LogP contribution in [0.3, 0.4) is 0 Å². The summed E-state index contributed by atoms with van der Waals surface area (Å²) in [5.41, 5.74) is -0.877. The van der Waals surface area contributed by atoms with Crippen molar-refractivity contribution < 1.29 is 32.2 Å². The van der Waals surface area contributed by atoms with Crippen molar-refractivity contribution in [3.05, 3.63) is 46.7 Å². The lowest BCUT2D eigenvalue weighted by Crippen LogP contribution is -2.48. The molecule has 0 aromatic heterocycles. The zero-order valence-corrected chi connectivity index (χ0v) is 19.1. The average molecular weight is 467 g/mol. The molecule has 0 amide bonds. The maximum Gasteiger partial charge on any atom is 0.416 e. The van der Waals surface area contributed by atoms with Gasteiger partial charge < -0.3 is 14.4 Å². The van der Waals surface area contributed by atoms with Crippen LogP contribution in [0.4, 0.5) is 13.2 Å². The highest BCUT2D eigenvalue weighted by Crippen LogP contribution is 2.45. The van der Waals surface area contributed by atoms with Crippen molar-refractivity contribution in [1.29, 1.82) is 0 Å². The van der Waals surface area contributed by atoms with Gasteiger partial charge in [-0.15, -0.1) is 0 Å². The molecular weight excluding hydrogens is 437 g/mol. The van der Waals surface area contributed by atoms with Crippen LogP contribution in [-0.2, 0) is 25.2 Å². The van der Waals surface area contributed by atoms with E-state index in [1.807, 2.05) is 4.90 Å². The van der Waals surface area contributed by atoms with Gasteiger partial charge in [0.05, 0.1) is 30.0 Å². The summed E-state index contributed by atoms with van der Waals surface area (Å²) in [6.07, 6.45) is -1.89.